The SMILES string of the molecule is O=Cc1ccc2c(c1)[nH]c1ccncc12. The van der Waals surface area contributed by atoms with Crippen LogP contribution in [-0.2, 0) is 0 Å². The molecule has 2 aromatic heterocycles. The quantitative estimate of drug-likeness (QED) is 0.608. The Morgan fingerprint density at radius 2 is 2.07 bits per heavy atom. The molecule has 72 valence electrons. The molecular weight excluding hydrogens is 188 g/mol. The van der Waals surface area contributed by atoms with Crippen LogP contribution in [0.15, 0.2) is 36.7 Å². The van der Waals surface area contributed by atoms with Gasteiger partial charge in [0.05, 0.1) is 0 Å². The zero-order valence-corrected chi connectivity index (χ0v) is 7.90. The topological polar surface area (TPSA) is 45.8 Å². The van der Waals surface area contributed by atoms with Gasteiger partial charge in [0.2, 0.25) is 0 Å². The summed E-state index contributed by atoms with van der Waals surface area (Å²) in [6, 6.07) is 7.54. The maximum atomic E-state index is 10.6. The molecule has 2 heterocycles. The number of hydrogen-bond acceptors (Lipinski definition) is 2. The molecule has 0 unspecified atom stereocenters. The van der Waals surface area contributed by atoms with Crippen LogP contribution in [0.1, 0.15) is 10.4 Å². The second-order valence-corrected chi connectivity index (χ2v) is 3.47. The van der Waals surface area contributed by atoms with Gasteiger partial charge in [-0.2, -0.15) is 0 Å². The lowest BCUT2D eigenvalue weighted by Crippen LogP contribution is -1.77. The summed E-state index contributed by atoms with van der Waals surface area (Å²) in [7, 11) is 0. The number of pyridine rings is 1. The molecule has 0 aliphatic carbocycles. The van der Waals surface area contributed by atoms with Crippen molar-refractivity contribution in [2.75, 3.05) is 0 Å². The fourth-order valence-corrected chi connectivity index (χ4v) is 1.84. The fraction of sp³-hybridized carbons (Fsp3) is 0. The van der Waals surface area contributed by atoms with Gasteiger partial charge >= 0.3 is 0 Å². The number of aromatic amines is 1. The first kappa shape index (κ1) is 8.17. The largest absolute Gasteiger partial charge is 0.354 e. The van der Waals surface area contributed by atoms with Gasteiger partial charge in [0.1, 0.15) is 6.29 Å². The molecule has 0 aliphatic rings. The average Bonchev–Trinajstić information content (AvgIpc) is 2.66. The number of nitrogens with zero attached hydrogens (tertiary/aromatic N) is 1. The summed E-state index contributed by atoms with van der Waals surface area (Å²) in [5.41, 5.74) is 2.70. The van der Waals surface area contributed by atoms with E-state index < -0.39 is 0 Å². The smallest absolute Gasteiger partial charge is 0.150 e. The number of benzene rings is 1. The maximum Gasteiger partial charge on any atom is 0.150 e. The summed E-state index contributed by atoms with van der Waals surface area (Å²) < 4.78 is 0. The third-order valence-electron chi connectivity index (χ3n) is 2.56. The Kier molecular flexibility index (Phi) is 1.59. The number of carbonyl (C=O) groups excluding carboxylic acids is 1. The highest BCUT2D eigenvalue weighted by Gasteiger charge is 2.03. The maximum absolute atomic E-state index is 10.6. The number of hydrogen-bond donors (Lipinski definition) is 1. The molecule has 0 atom stereocenters. The van der Waals surface area contributed by atoms with Crippen LogP contribution >= 0.6 is 0 Å². The molecule has 3 nitrogen and oxygen atoms in total. The summed E-state index contributed by atoms with van der Waals surface area (Å²) >= 11 is 0. The Bertz CT molecular complexity index is 655. The third-order valence-corrected chi connectivity index (χ3v) is 2.56. The van der Waals surface area contributed by atoms with E-state index in [0.717, 1.165) is 28.1 Å². The third kappa shape index (κ3) is 1.13. The van der Waals surface area contributed by atoms with Crippen LogP contribution in [0, 0.1) is 0 Å². The van der Waals surface area contributed by atoms with Gasteiger partial charge < -0.3 is 4.98 Å². The molecule has 3 aromatic rings. The molecule has 15 heavy (non-hydrogen) atoms. The van der Waals surface area contributed by atoms with E-state index in [2.05, 4.69) is 9.97 Å². The van der Waals surface area contributed by atoms with E-state index in [0.29, 0.717) is 5.56 Å². The number of fused-ring (bicyclic) bond motifs is 3. The van der Waals surface area contributed by atoms with Crippen molar-refractivity contribution in [2.24, 2.45) is 0 Å². The molecule has 1 N–H and O–H groups in total. The Hall–Kier alpha value is -2.16. The molecule has 0 saturated carbocycles. The second kappa shape index (κ2) is 2.92. The van der Waals surface area contributed by atoms with Gasteiger partial charge in [-0.25, -0.2) is 0 Å². The highest BCUT2D eigenvalue weighted by Crippen LogP contribution is 2.24. The standard InChI is InChI=1S/C12H8N2O/c15-7-8-1-2-9-10-6-13-4-3-11(10)14-12(9)5-8/h1-7,14H. The molecular formula is C12H8N2O. The number of aldehydes is 1. The first-order valence-electron chi connectivity index (χ1n) is 4.69. The van der Waals surface area contributed by atoms with Crippen molar-refractivity contribution in [1.29, 1.82) is 0 Å². The molecule has 3 heteroatoms. The predicted molar refractivity (Wildman–Crippen MR) is 59.0 cm³/mol. The van der Waals surface area contributed by atoms with E-state index in [4.69, 9.17) is 0 Å². The highest BCUT2D eigenvalue weighted by molar-refractivity contribution is 6.07. The van der Waals surface area contributed by atoms with Crippen LogP contribution < -0.4 is 0 Å². The van der Waals surface area contributed by atoms with Crippen LogP contribution in [0.3, 0.4) is 0 Å². The lowest BCUT2D eigenvalue weighted by Gasteiger charge is -1.91. The van der Waals surface area contributed by atoms with Crippen molar-refractivity contribution in [2.45, 2.75) is 0 Å². The molecule has 0 fully saturated rings. The summed E-state index contributed by atoms with van der Waals surface area (Å²) in [5.74, 6) is 0. The minimum Gasteiger partial charge on any atom is -0.354 e. The number of nitrogens with one attached hydrogen (secondary N) is 1. The van der Waals surface area contributed by atoms with E-state index >= 15 is 0 Å². The average molecular weight is 196 g/mol. The van der Waals surface area contributed by atoms with E-state index in [1.54, 1.807) is 6.20 Å². The zero-order chi connectivity index (χ0) is 10.3. The van der Waals surface area contributed by atoms with Crippen LogP contribution in [0.4, 0.5) is 0 Å². The zero-order valence-electron chi connectivity index (χ0n) is 7.90. The minimum atomic E-state index is 0.682. The van der Waals surface area contributed by atoms with Crippen molar-refractivity contribution >= 4 is 28.1 Å². The van der Waals surface area contributed by atoms with Gasteiger partial charge in [-0.3, -0.25) is 9.78 Å². The summed E-state index contributed by atoms with van der Waals surface area (Å²) in [4.78, 5) is 18.0. The molecule has 1 aromatic carbocycles. The summed E-state index contributed by atoms with van der Waals surface area (Å²) in [6.07, 6.45) is 4.43. The van der Waals surface area contributed by atoms with Crippen LogP contribution in [0.2, 0.25) is 0 Å². The molecule has 0 bridgehead atoms. The van der Waals surface area contributed by atoms with E-state index in [9.17, 15) is 4.79 Å². The monoisotopic (exact) mass is 196 g/mol. The van der Waals surface area contributed by atoms with E-state index in [1.807, 2.05) is 30.5 Å². The first-order chi connectivity index (χ1) is 7.38. The fourth-order valence-electron chi connectivity index (χ4n) is 1.84. The van der Waals surface area contributed by atoms with Crippen molar-refractivity contribution in [3.8, 4) is 0 Å². The van der Waals surface area contributed by atoms with Crippen LogP contribution in [0.25, 0.3) is 21.8 Å². The van der Waals surface area contributed by atoms with Crippen molar-refractivity contribution in [3.05, 3.63) is 42.2 Å². The van der Waals surface area contributed by atoms with Gasteiger partial charge in [-0.05, 0) is 12.1 Å². The van der Waals surface area contributed by atoms with Crippen molar-refractivity contribution < 1.29 is 4.79 Å². The Morgan fingerprint density at radius 3 is 2.93 bits per heavy atom. The van der Waals surface area contributed by atoms with Crippen molar-refractivity contribution in [1.82, 2.24) is 9.97 Å². The number of carbonyl (C=O) groups is 1. The van der Waals surface area contributed by atoms with Crippen LogP contribution in [0.5, 0.6) is 0 Å². The van der Waals surface area contributed by atoms with Gasteiger partial charge in [-0.1, -0.05) is 12.1 Å². The van der Waals surface area contributed by atoms with E-state index in [-0.39, 0.29) is 0 Å². The number of aromatic nitrogens is 2. The highest BCUT2D eigenvalue weighted by atomic mass is 16.1. The van der Waals surface area contributed by atoms with Crippen molar-refractivity contribution in [3.63, 3.8) is 0 Å². The van der Waals surface area contributed by atoms with E-state index in [1.165, 1.54) is 0 Å². The lowest BCUT2D eigenvalue weighted by molar-refractivity contribution is 0.112. The number of rotatable bonds is 1. The Morgan fingerprint density at radius 1 is 1.13 bits per heavy atom. The minimum absolute atomic E-state index is 0.682. The number of H-pyrrole nitrogens is 1. The van der Waals surface area contributed by atoms with Gasteiger partial charge in [0.25, 0.3) is 0 Å². The Labute approximate surface area is 85.8 Å². The lowest BCUT2D eigenvalue weighted by atomic mass is 10.1. The molecule has 0 aliphatic heterocycles. The summed E-state index contributed by atoms with van der Waals surface area (Å²) in [5, 5.41) is 2.19. The van der Waals surface area contributed by atoms with Gasteiger partial charge in [0, 0.05) is 39.8 Å². The Balaban J connectivity index is 2.48. The molecule has 0 amide bonds. The molecule has 0 radical (unpaired) electrons. The predicted octanol–water partition coefficient (Wildman–Crippen LogP) is 2.53. The van der Waals surface area contributed by atoms with Crippen LogP contribution in [-0.4, -0.2) is 16.3 Å². The van der Waals surface area contributed by atoms with Gasteiger partial charge in [-0.15, -0.1) is 0 Å². The summed E-state index contributed by atoms with van der Waals surface area (Å²) in [6.45, 7) is 0. The second-order valence-electron chi connectivity index (χ2n) is 3.47. The van der Waals surface area contributed by atoms with Gasteiger partial charge in [0.15, 0.2) is 0 Å². The normalized spacial score (nSPS) is 10.9. The molecule has 0 spiro atoms. The molecule has 3 rings (SSSR count). The first-order valence-corrected chi connectivity index (χ1v) is 4.69. The molecule has 0 saturated heterocycles.